The Morgan fingerprint density at radius 2 is 1.69 bits per heavy atom. The Morgan fingerprint density at radius 3 is 2.46 bits per heavy atom. The topological polar surface area (TPSA) is 67.8 Å². The van der Waals surface area contributed by atoms with E-state index >= 15 is 0 Å². The molecule has 1 fully saturated rings. The molecule has 0 atom stereocenters. The quantitative estimate of drug-likeness (QED) is 0.419. The number of nitrogens with zero attached hydrogens (tertiary/aromatic N) is 4. The van der Waals surface area contributed by atoms with Crippen molar-refractivity contribution >= 4 is 22.5 Å². The monoisotopic (exact) mass is 468 g/mol. The fourth-order valence-corrected chi connectivity index (χ4v) is 4.40. The highest BCUT2D eigenvalue weighted by atomic mass is 16.5. The van der Waals surface area contributed by atoms with E-state index in [1.165, 1.54) is 5.39 Å². The molecule has 7 heteroatoms. The number of fused-ring (bicyclic) bond motifs is 1. The van der Waals surface area contributed by atoms with Gasteiger partial charge in [-0.25, -0.2) is 0 Å². The van der Waals surface area contributed by atoms with Crippen LogP contribution in [0.1, 0.15) is 5.56 Å². The molecule has 0 unspecified atom stereocenters. The van der Waals surface area contributed by atoms with Crippen LogP contribution in [-0.4, -0.2) is 60.9 Å². The Balaban J connectivity index is 1.18. The SMILES string of the molecule is COc1cc(C)ccc1OCC(=O)N1CCN(c2ccc(-c3cccc4ccccc34)nn2)CC1. The molecule has 4 aromatic rings. The molecule has 0 radical (unpaired) electrons. The lowest BCUT2D eigenvalue weighted by Gasteiger charge is -2.35. The molecule has 0 aliphatic carbocycles. The number of rotatable bonds is 6. The molecule has 1 aliphatic heterocycles. The Morgan fingerprint density at radius 1 is 0.886 bits per heavy atom. The summed E-state index contributed by atoms with van der Waals surface area (Å²) in [6.07, 6.45) is 0. The number of anilines is 1. The average molecular weight is 469 g/mol. The van der Waals surface area contributed by atoms with Crippen molar-refractivity contribution < 1.29 is 14.3 Å². The van der Waals surface area contributed by atoms with Gasteiger partial charge in [0.25, 0.3) is 5.91 Å². The van der Waals surface area contributed by atoms with E-state index in [1.807, 2.05) is 60.4 Å². The predicted octanol–water partition coefficient (Wildman–Crippen LogP) is 4.34. The smallest absolute Gasteiger partial charge is 0.260 e. The van der Waals surface area contributed by atoms with E-state index in [4.69, 9.17) is 9.47 Å². The molecular weight excluding hydrogens is 440 g/mol. The van der Waals surface area contributed by atoms with Crippen molar-refractivity contribution in [1.29, 1.82) is 0 Å². The van der Waals surface area contributed by atoms with Crippen LogP contribution in [0.5, 0.6) is 11.5 Å². The summed E-state index contributed by atoms with van der Waals surface area (Å²) >= 11 is 0. The highest BCUT2D eigenvalue weighted by Gasteiger charge is 2.23. The van der Waals surface area contributed by atoms with Crippen molar-refractivity contribution in [2.24, 2.45) is 0 Å². The standard InChI is InChI=1S/C28H28N4O3/c1-20-10-12-25(26(18-20)34-2)35-19-28(33)32-16-14-31(15-17-32)27-13-11-24(29-30-27)23-9-5-7-21-6-3-4-8-22(21)23/h3-13,18H,14-17,19H2,1-2H3. The van der Waals surface area contributed by atoms with Crippen LogP contribution in [0.3, 0.4) is 0 Å². The number of aryl methyl sites for hydroxylation is 1. The Kier molecular flexibility index (Phi) is 6.48. The van der Waals surface area contributed by atoms with Crippen molar-refractivity contribution in [3.63, 3.8) is 0 Å². The summed E-state index contributed by atoms with van der Waals surface area (Å²) < 4.78 is 11.1. The van der Waals surface area contributed by atoms with Gasteiger partial charge in [0.15, 0.2) is 23.9 Å². The zero-order valence-electron chi connectivity index (χ0n) is 20.0. The van der Waals surface area contributed by atoms with Crippen LogP contribution in [0, 0.1) is 6.92 Å². The first-order valence-corrected chi connectivity index (χ1v) is 11.7. The molecular formula is C28H28N4O3. The maximum absolute atomic E-state index is 12.7. The number of amides is 1. The van der Waals surface area contributed by atoms with Gasteiger partial charge in [-0.1, -0.05) is 48.5 Å². The average Bonchev–Trinajstić information content (AvgIpc) is 2.92. The second-order valence-corrected chi connectivity index (χ2v) is 8.61. The number of carbonyl (C=O) groups excluding carboxylic acids is 1. The van der Waals surface area contributed by atoms with Crippen LogP contribution in [-0.2, 0) is 4.79 Å². The summed E-state index contributed by atoms with van der Waals surface area (Å²) in [5, 5.41) is 11.3. The van der Waals surface area contributed by atoms with Crippen LogP contribution in [0.15, 0.2) is 72.8 Å². The normalized spacial score (nSPS) is 13.7. The molecule has 1 amide bonds. The van der Waals surface area contributed by atoms with Gasteiger partial charge < -0.3 is 19.3 Å². The largest absolute Gasteiger partial charge is 0.493 e. The van der Waals surface area contributed by atoms with Crippen LogP contribution < -0.4 is 14.4 Å². The van der Waals surface area contributed by atoms with E-state index in [0.29, 0.717) is 37.7 Å². The fourth-order valence-electron chi connectivity index (χ4n) is 4.40. The van der Waals surface area contributed by atoms with Gasteiger partial charge in [0, 0.05) is 31.7 Å². The number of hydrogen-bond acceptors (Lipinski definition) is 6. The third-order valence-electron chi connectivity index (χ3n) is 6.34. The predicted molar refractivity (Wildman–Crippen MR) is 137 cm³/mol. The Bertz CT molecular complexity index is 1330. The zero-order valence-corrected chi connectivity index (χ0v) is 20.0. The number of aromatic nitrogens is 2. The fraction of sp³-hybridized carbons (Fsp3) is 0.250. The summed E-state index contributed by atoms with van der Waals surface area (Å²) in [6.45, 7) is 4.58. The van der Waals surface area contributed by atoms with Gasteiger partial charge in [-0.05, 0) is 47.5 Å². The molecule has 0 N–H and O–H groups in total. The number of methoxy groups -OCH3 is 1. The summed E-state index contributed by atoms with van der Waals surface area (Å²) in [4.78, 5) is 16.7. The lowest BCUT2D eigenvalue weighted by molar-refractivity contribution is -0.133. The van der Waals surface area contributed by atoms with E-state index in [1.54, 1.807) is 7.11 Å². The van der Waals surface area contributed by atoms with E-state index in [2.05, 4.69) is 39.4 Å². The summed E-state index contributed by atoms with van der Waals surface area (Å²) in [6, 6.07) is 24.2. The minimum atomic E-state index is -0.0373. The lowest BCUT2D eigenvalue weighted by atomic mass is 10.0. The molecule has 0 bridgehead atoms. The van der Waals surface area contributed by atoms with Crippen molar-refractivity contribution in [3.8, 4) is 22.8 Å². The number of carbonyl (C=O) groups is 1. The number of hydrogen-bond donors (Lipinski definition) is 0. The molecule has 178 valence electrons. The van der Waals surface area contributed by atoms with E-state index in [0.717, 1.165) is 28.0 Å². The van der Waals surface area contributed by atoms with Gasteiger partial charge in [-0.2, -0.15) is 0 Å². The minimum absolute atomic E-state index is 0.0149. The summed E-state index contributed by atoms with van der Waals surface area (Å²) in [5.74, 6) is 1.99. The Hall–Kier alpha value is -4.13. The molecule has 1 aliphatic rings. The maximum atomic E-state index is 12.7. The Labute approximate surface area is 204 Å². The van der Waals surface area contributed by atoms with Crippen molar-refractivity contribution in [2.75, 3.05) is 44.8 Å². The molecule has 7 nitrogen and oxygen atoms in total. The van der Waals surface area contributed by atoms with E-state index in [-0.39, 0.29) is 12.5 Å². The second-order valence-electron chi connectivity index (χ2n) is 8.61. The van der Waals surface area contributed by atoms with Gasteiger partial charge in [0.1, 0.15) is 0 Å². The highest BCUT2D eigenvalue weighted by molar-refractivity contribution is 5.95. The van der Waals surface area contributed by atoms with E-state index in [9.17, 15) is 4.79 Å². The number of piperazine rings is 1. The summed E-state index contributed by atoms with van der Waals surface area (Å²) in [7, 11) is 1.60. The molecule has 0 saturated carbocycles. The number of ether oxygens (including phenoxy) is 2. The van der Waals surface area contributed by atoms with Crippen molar-refractivity contribution in [2.45, 2.75) is 6.92 Å². The molecule has 0 spiro atoms. The third-order valence-corrected chi connectivity index (χ3v) is 6.34. The molecule has 5 rings (SSSR count). The minimum Gasteiger partial charge on any atom is -0.493 e. The van der Waals surface area contributed by atoms with Gasteiger partial charge in [-0.15, -0.1) is 10.2 Å². The van der Waals surface area contributed by atoms with Crippen molar-refractivity contribution in [3.05, 3.63) is 78.4 Å². The second kappa shape index (κ2) is 10.0. The molecule has 3 aromatic carbocycles. The highest BCUT2D eigenvalue weighted by Crippen LogP contribution is 2.29. The zero-order chi connectivity index (χ0) is 24.2. The summed E-state index contributed by atoms with van der Waals surface area (Å²) in [5.41, 5.74) is 3.00. The first kappa shape index (κ1) is 22.7. The van der Waals surface area contributed by atoms with Gasteiger partial charge in [-0.3, -0.25) is 4.79 Å². The molecule has 1 aromatic heterocycles. The van der Waals surface area contributed by atoms with Gasteiger partial charge >= 0.3 is 0 Å². The van der Waals surface area contributed by atoms with Crippen LogP contribution in [0.25, 0.3) is 22.0 Å². The van der Waals surface area contributed by atoms with Gasteiger partial charge in [0.05, 0.1) is 12.8 Å². The van der Waals surface area contributed by atoms with Crippen LogP contribution in [0.2, 0.25) is 0 Å². The molecule has 35 heavy (non-hydrogen) atoms. The molecule has 2 heterocycles. The van der Waals surface area contributed by atoms with Crippen LogP contribution >= 0.6 is 0 Å². The number of benzene rings is 3. The van der Waals surface area contributed by atoms with Crippen LogP contribution in [0.4, 0.5) is 5.82 Å². The van der Waals surface area contributed by atoms with Gasteiger partial charge in [0.2, 0.25) is 0 Å². The molecule has 1 saturated heterocycles. The third kappa shape index (κ3) is 4.89. The van der Waals surface area contributed by atoms with E-state index < -0.39 is 0 Å². The lowest BCUT2D eigenvalue weighted by Crippen LogP contribution is -2.50. The maximum Gasteiger partial charge on any atom is 0.260 e. The first-order chi connectivity index (χ1) is 17.1. The first-order valence-electron chi connectivity index (χ1n) is 11.7. The van der Waals surface area contributed by atoms with Crippen molar-refractivity contribution in [1.82, 2.24) is 15.1 Å².